The Balaban J connectivity index is 1.18. The maximum Gasteiger partial charge on any atom is 0.164 e. The van der Waals surface area contributed by atoms with Crippen LogP contribution in [0.15, 0.2) is 231 Å². The third kappa shape index (κ3) is 5.99. The van der Waals surface area contributed by atoms with E-state index in [2.05, 4.69) is 208 Å². The molecule has 0 aliphatic rings. The molecule has 6 nitrogen and oxygen atoms in total. The number of para-hydroxylation sites is 3. The van der Waals surface area contributed by atoms with Crippen LogP contribution < -0.4 is 0 Å². The Hall–Kier alpha value is -8.87. The molecule has 13 aromatic rings. The second-order valence-corrected chi connectivity index (χ2v) is 16.5. The topological polar surface area (TPSA) is 53.5 Å². The second-order valence-electron chi connectivity index (χ2n) is 16.5. The van der Waals surface area contributed by atoms with Crippen molar-refractivity contribution in [3.63, 3.8) is 0 Å². The van der Waals surface area contributed by atoms with Crippen molar-refractivity contribution in [2.45, 2.75) is 0 Å². The Labute approximate surface area is 374 Å². The molecule has 0 fully saturated rings. The van der Waals surface area contributed by atoms with E-state index in [1.807, 2.05) is 36.4 Å². The van der Waals surface area contributed by atoms with E-state index in [4.69, 9.17) is 15.0 Å². The molecular weight excluding hydrogens is 793 g/mol. The largest absolute Gasteiger partial charge is 0.316 e. The van der Waals surface area contributed by atoms with Crippen LogP contribution in [0.4, 0.5) is 0 Å². The third-order valence-electron chi connectivity index (χ3n) is 12.7. The number of hydrogen-bond acceptors (Lipinski definition) is 3. The smallest absolute Gasteiger partial charge is 0.164 e. The van der Waals surface area contributed by atoms with E-state index in [1.54, 1.807) is 0 Å². The van der Waals surface area contributed by atoms with Crippen molar-refractivity contribution in [1.82, 2.24) is 28.7 Å². The summed E-state index contributed by atoms with van der Waals surface area (Å²) in [6, 6.07) is 79.4. The van der Waals surface area contributed by atoms with Crippen LogP contribution >= 0.6 is 0 Å². The SMILES string of the molecule is c1ccc(-c2cc(-c3nc(-c4ccccc4)nc(-c4ccccc4)n3)cc(-n3c4c(ccc5c4ccn5-c4ccccc4)c4ccc5c(c6ccccc6n5-c5ccccc5)c43)c2)cc1. The Morgan fingerprint density at radius 3 is 1.43 bits per heavy atom. The van der Waals surface area contributed by atoms with Crippen molar-refractivity contribution in [3.8, 4) is 62.4 Å². The molecule has 6 heteroatoms. The Morgan fingerprint density at radius 2 is 0.785 bits per heavy atom. The minimum absolute atomic E-state index is 0.601. The van der Waals surface area contributed by atoms with Crippen molar-refractivity contribution in [2.24, 2.45) is 0 Å². The van der Waals surface area contributed by atoms with Gasteiger partial charge in [-0.25, -0.2) is 15.0 Å². The van der Waals surface area contributed by atoms with Gasteiger partial charge in [0, 0.05) is 66.9 Å². The lowest BCUT2D eigenvalue weighted by Crippen LogP contribution is -2.02. The highest BCUT2D eigenvalue weighted by Gasteiger charge is 2.24. The van der Waals surface area contributed by atoms with Crippen LogP contribution in [0.25, 0.3) is 117 Å². The van der Waals surface area contributed by atoms with Gasteiger partial charge in [-0.2, -0.15) is 0 Å². The molecule has 9 aromatic carbocycles. The van der Waals surface area contributed by atoms with Crippen molar-refractivity contribution in [2.75, 3.05) is 0 Å². The van der Waals surface area contributed by atoms with Gasteiger partial charge in [0.15, 0.2) is 17.5 Å². The molecule has 0 saturated carbocycles. The zero-order chi connectivity index (χ0) is 42.8. The van der Waals surface area contributed by atoms with Crippen LogP contribution in [0.2, 0.25) is 0 Å². The van der Waals surface area contributed by atoms with E-state index >= 15 is 0 Å². The van der Waals surface area contributed by atoms with Gasteiger partial charge in [0.1, 0.15) is 0 Å². The summed E-state index contributed by atoms with van der Waals surface area (Å²) < 4.78 is 7.21. The van der Waals surface area contributed by atoms with Crippen LogP contribution in [0.1, 0.15) is 0 Å². The fourth-order valence-corrected chi connectivity index (χ4v) is 9.79. The standard InChI is InChI=1S/C59H38N6/c1-6-18-39(19-7-1)42-36-43(59-61-57(40-20-8-2-9-21-40)60-58(62-59)41-22-10-3-11-23-41)38-46(37-42)65-55-47(30-32-51-50(55)34-35-63(51)44-24-12-4-13-25-44)48-31-33-53-54(56(48)65)49-28-16-17-29-52(49)64(53)45-26-14-5-15-27-45/h1-38H. The predicted octanol–water partition coefficient (Wildman–Crippen LogP) is 14.7. The third-order valence-corrected chi connectivity index (χ3v) is 12.7. The first-order valence-corrected chi connectivity index (χ1v) is 21.9. The van der Waals surface area contributed by atoms with Crippen LogP contribution in [0.3, 0.4) is 0 Å². The number of fused-ring (bicyclic) bond motifs is 9. The molecule has 0 aliphatic heterocycles. The molecule has 0 aliphatic carbocycles. The summed E-state index contributed by atoms with van der Waals surface area (Å²) in [5.41, 5.74) is 13.9. The molecule has 0 saturated heterocycles. The normalized spacial score (nSPS) is 11.7. The van der Waals surface area contributed by atoms with E-state index in [0.29, 0.717) is 17.5 Å². The lowest BCUT2D eigenvalue weighted by Gasteiger charge is -2.15. The first-order valence-electron chi connectivity index (χ1n) is 21.9. The first kappa shape index (κ1) is 36.8. The van der Waals surface area contributed by atoms with E-state index in [-0.39, 0.29) is 0 Å². The fourth-order valence-electron chi connectivity index (χ4n) is 9.79. The maximum absolute atomic E-state index is 5.26. The van der Waals surface area contributed by atoms with Crippen molar-refractivity contribution in [1.29, 1.82) is 0 Å². The molecular formula is C59H38N6. The zero-order valence-electron chi connectivity index (χ0n) is 35.1. The van der Waals surface area contributed by atoms with Gasteiger partial charge < -0.3 is 13.7 Å². The fraction of sp³-hybridized carbons (Fsp3) is 0. The monoisotopic (exact) mass is 830 g/mol. The lowest BCUT2D eigenvalue weighted by molar-refractivity contribution is 1.07. The van der Waals surface area contributed by atoms with Gasteiger partial charge >= 0.3 is 0 Å². The van der Waals surface area contributed by atoms with Gasteiger partial charge in [0.2, 0.25) is 0 Å². The predicted molar refractivity (Wildman–Crippen MR) is 267 cm³/mol. The molecule has 4 aromatic heterocycles. The Bertz CT molecular complexity index is 3850. The number of aromatic nitrogens is 6. The first-order chi connectivity index (χ1) is 32.2. The van der Waals surface area contributed by atoms with Crippen LogP contribution in [-0.2, 0) is 0 Å². The number of benzene rings is 9. The Morgan fingerprint density at radius 1 is 0.277 bits per heavy atom. The van der Waals surface area contributed by atoms with Gasteiger partial charge in [0.05, 0.1) is 27.6 Å². The summed E-state index contributed by atoms with van der Waals surface area (Å²) in [7, 11) is 0. The minimum atomic E-state index is 0.601. The van der Waals surface area contributed by atoms with Gasteiger partial charge in [-0.3, -0.25) is 0 Å². The number of rotatable bonds is 7. The highest BCUT2D eigenvalue weighted by Crippen LogP contribution is 2.45. The van der Waals surface area contributed by atoms with Gasteiger partial charge in [-0.15, -0.1) is 0 Å². The lowest BCUT2D eigenvalue weighted by atomic mass is 10.0. The van der Waals surface area contributed by atoms with Gasteiger partial charge in [0.25, 0.3) is 0 Å². The molecule has 0 radical (unpaired) electrons. The van der Waals surface area contributed by atoms with Gasteiger partial charge in [-0.05, 0) is 77.9 Å². The van der Waals surface area contributed by atoms with Crippen molar-refractivity contribution >= 4 is 54.5 Å². The molecule has 0 amide bonds. The van der Waals surface area contributed by atoms with Crippen LogP contribution in [0, 0.1) is 0 Å². The molecule has 0 atom stereocenters. The summed E-state index contributed by atoms with van der Waals surface area (Å²) >= 11 is 0. The Kier molecular flexibility index (Phi) is 8.42. The van der Waals surface area contributed by atoms with Crippen molar-refractivity contribution in [3.05, 3.63) is 231 Å². The average molecular weight is 831 g/mol. The molecule has 0 spiro atoms. The number of nitrogens with zero attached hydrogens (tertiary/aromatic N) is 6. The molecule has 304 valence electrons. The second kappa shape index (κ2) is 14.9. The van der Waals surface area contributed by atoms with Crippen molar-refractivity contribution < 1.29 is 0 Å². The molecule has 13 rings (SSSR count). The maximum atomic E-state index is 5.26. The van der Waals surface area contributed by atoms with E-state index in [0.717, 1.165) is 77.8 Å². The highest BCUT2D eigenvalue weighted by molar-refractivity contribution is 6.28. The van der Waals surface area contributed by atoms with Gasteiger partial charge in [-0.1, -0.05) is 158 Å². The summed E-state index contributed by atoms with van der Waals surface area (Å²) in [5.74, 6) is 1.85. The molecule has 4 heterocycles. The highest BCUT2D eigenvalue weighted by atomic mass is 15.0. The van der Waals surface area contributed by atoms with E-state index in [9.17, 15) is 0 Å². The molecule has 0 bridgehead atoms. The van der Waals surface area contributed by atoms with Crippen LogP contribution in [-0.4, -0.2) is 28.7 Å². The quantitative estimate of drug-likeness (QED) is 0.161. The van der Waals surface area contributed by atoms with Crippen LogP contribution in [0.5, 0.6) is 0 Å². The summed E-state index contributed by atoms with van der Waals surface area (Å²) in [6.45, 7) is 0. The summed E-state index contributed by atoms with van der Waals surface area (Å²) in [4.78, 5) is 15.6. The zero-order valence-corrected chi connectivity index (χ0v) is 35.1. The summed E-state index contributed by atoms with van der Waals surface area (Å²) in [6.07, 6.45) is 2.20. The summed E-state index contributed by atoms with van der Waals surface area (Å²) in [5, 5.41) is 5.91. The molecule has 0 N–H and O–H groups in total. The average Bonchev–Trinajstić information content (AvgIpc) is 4.08. The van der Waals surface area contributed by atoms with E-state index in [1.165, 1.54) is 21.5 Å². The molecule has 0 unspecified atom stereocenters. The molecule has 65 heavy (non-hydrogen) atoms. The minimum Gasteiger partial charge on any atom is -0.316 e. The van der Waals surface area contributed by atoms with E-state index < -0.39 is 0 Å². The number of hydrogen-bond donors (Lipinski definition) is 0.